The Labute approximate surface area is 107 Å². The zero-order valence-electron chi connectivity index (χ0n) is 9.70. The summed E-state index contributed by atoms with van der Waals surface area (Å²) < 4.78 is 45.2. The summed E-state index contributed by atoms with van der Waals surface area (Å²) >= 11 is 0. The molecule has 2 aromatic rings. The Bertz CT molecular complexity index is 591. The molecule has 0 spiro atoms. The molecule has 2 rings (SSSR count). The molecular weight excluding hydrogens is 257 g/mol. The highest BCUT2D eigenvalue weighted by molar-refractivity contribution is 5.79. The number of halogens is 3. The minimum absolute atomic E-state index is 0.0169. The molecule has 0 heterocycles. The zero-order chi connectivity index (χ0) is 13.8. The first-order chi connectivity index (χ1) is 9.13. The van der Waals surface area contributed by atoms with Crippen LogP contribution in [0.4, 0.5) is 13.2 Å². The molecule has 0 bridgehead atoms. The minimum Gasteiger partial charge on any atom is -0.485 e. The summed E-state index contributed by atoms with van der Waals surface area (Å²) in [5.41, 5.74) is -0.334. The topological polar surface area (TPSA) is 26.3 Å². The van der Waals surface area contributed by atoms with Crippen molar-refractivity contribution in [2.45, 2.75) is 6.61 Å². The zero-order valence-corrected chi connectivity index (χ0v) is 9.70. The van der Waals surface area contributed by atoms with Crippen molar-refractivity contribution in [1.29, 1.82) is 0 Å². The highest BCUT2D eigenvalue weighted by Crippen LogP contribution is 2.23. The highest BCUT2D eigenvalue weighted by atomic mass is 19.1. The number of hydrogen-bond donors (Lipinski definition) is 0. The number of hydrogen-bond acceptors (Lipinski definition) is 2. The number of rotatable bonds is 4. The second-order valence-corrected chi connectivity index (χ2v) is 3.76. The summed E-state index contributed by atoms with van der Waals surface area (Å²) in [6.45, 7) is -0.500. The van der Waals surface area contributed by atoms with Crippen LogP contribution in [0.15, 0.2) is 36.4 Å². The van der Waals surface area contributed by atoms with E-state index in [9.17, 15) is 18.0 Å². The molecule has 0 unspecified atom stereocenters. The van der Waals surface area contributed by atoms with E-state index in [1.165, 1.54) is 18.2 Å². The van der Waals surface area contributed by atoms with Gasteiger partial charge < -0.3 is 4.74 Å². The van der Waals surface area contributed by atoms with Crippen molar-refractivity contribution < 1.29 is 22.7 Å². The molecule has 0 aliphatic rings. The van der Waals surface area contributed by atoms with E-state index in [0.717, 1.165) is 18.2 Å². The Morgan fingerprint density at radius 2 is 1.53 bits per heavy atom. The first-order valence-electron chi connectivity index (χ1n) is 5.43. The van der Waals surface area contributed by atoms with Crippen molar-refractivity contribution in [2.75, 3.05) is 0 Å². The van der Waals surface area contributed by atoms with Crippen LogP contribution in [-0.4, -0.2) is 6.29 Å². The van der Waals surface area contributed by atoms with E-state index in [4.69, 9.17) is 4.74 Å². The average molecular weight is 266 g/mol. The monoisotopic (exact) mass is 266 g/mol. The van der Waals surface area contributed by atoms with Crippen molar-refractivity contribution >= 4 is 6.29 Å². The summed E-state index contributed by atoms with van der Waals surface area (Å²) in [6.07, 6.45) is 0.413. The van der Waals surface area contributed by atoms with Crippen LogP contribution in [0, 0.1) is 17.5 Å². The summed E-state index contributed by atoms with van der Waals surface area (Å²) in [4.78, 5) is 10.7. The van der Waals surface area contributed by atoms with Crippen LogP contribution in [0.5, 0.6) is 5.75 Å². The van der Waals surface area contributed by atoms with E-state index in [1.807, 2.05) is 0 Å². The lowest BCUT2D eigenvalue weighted by molar-refractivity contribution is 0.111. The highest BCUT2D eigenvalue weighted by Gasteiger charge is 2.13. The van der Waals surface area contributed by atoms with Gasteiger partial charge in [0.1, 0.15) is 18.2 Å². The molecule has 0 atom stereocenters. The van der Waals surface area contributed by atoms with Crippen LogP contribution in [-0.2, 0) is 6.61 Å². The Balaban J connectivity index is 2.26. The van der Waals surface area contributed by atoms with Gasteiger partial charge >= 0.3 is 0 Å². The largest absolute Gasteiger partial charge is 0.485 e. The number of aldehydes is 1. The lowest BCUT2D eigenvalue weighted by atomic mass is 10.2. The van der Waals surface area contributed by atoms with Gasteiger partial charge in [0.25, 0.3) is 0 Å². The van der Waals surface area contributed by atoms with Crippen molar-refractivity contribution in [3.63, 3.8) is 0 Å². The summed E-state index contributed by atoms with van der Waals surface area (Å²) in [5.74, 6) is -2.66. The molecule has 0 amide bonds. The number of para-hydroxylation sites is 1. The second-order valence-electron chi connectivity index (χ2n) is 3.76. The van der Waals surface area contributed by atoms with Crippen molar-refractivity contribution in [3.8, 4) is 5.75 Å². The van der Waals surface area contributed by atoms with E-state index < -0.39 is 24.1 Å². The first-order valence-corrected chi connectivity index (χ1v) is 5.43. The van der Waals surface area contributed by atoms with Crippen LogP contribution in [0.2, 0.25) is 0 Å². The van der Waals surface area contributed by atoms with E-state index in [1.54, 1.807) is 0 Å². The van der Waals surface area contributed by atoms with Crippen molar-refractivity contribution in [3.05, 3.63) is 65.0 Å². The molecule has 5 heteroatoms. The van der Waals surface area contributed by atoms with Crippen LogP contribution >= 0.6 is 0 Å². The molecule has 2 nitrogen and oxygen atoms in total. The fourth-order valence-electron chi connectivity index (χ4n) is 1.59. The van der Waals surface area contributed by atoms with Crippen LogP contribution < -0.4 is 4.74 Å². The van der Waals surface area contributed by atoms with E-state index in [0.29, 0.717) is 6.29 Å². The van der Waals surface area contributed by atoms with Gasteiger partial charge in [-0.25, -0.2) is 13.2 Å². The fraction of sp³-hybridized carbons (Fsp3) is 0.0714. The van der Waals surface area contributed by atoms with Crippen LogP contribution in [0.1, 0.15) is 15.9 Å². The van der Waals surface area contributed by atoms with Gasteiger partial charge in [-0.15, -0.1) is 0 Å². The maximum absolute atomic E-state index is 13.5. The van der Waals surface area contributed by atoms with Gasteiger partial charge in [0.05, 0.1) is 11.1 Å². The van der Waals surface area contributed by atoms with Gasteiger partial charge in [0.15, 0.2) is 17.9 Å². The van der Waals surface area contributed by atoms with Crippen molar-refractivity contribution in [1.82, 2.24) is 0 Å². The molecule has 19 heavy (non-hydrogen) atoms. The van der Waals surface area contributed by atoms with Crippen LogP contribution in [0.25, 0.3) is 0 Å². The van der Waals surface area contributed by atoms with E-state index >= 15 is 0 Å². The fourth-order valence-corrected chi connectivity index (χ4v) is 1.59. The minimum atomic E-state index is -0.788. The molecule has 0 saturated carbocycles. The molecule has 98 valence electrons. The van der Waals surface area contributed by atoms with Gasteiger partial charge in [-0.1, -0.05) is 12.1 Å². The normalized spacial score (nSPS) is 10.3. The Morgan fingerprint density at radius 1 is 0.947 bits per heavy atom. The van der Waals surface area contributed by atoms with Crippen molar-refractivity contribution in [2.24, 2.45) is 0 Å². The standard InChI is InChI=1S/C14H9F3O2/c15-11-4-2-5-12(16)10(11)8-19-14-9(7-18)3-1-6-13(14)17/h1-7H,8H2. The Kier molecular flexibility index (Phi) is 3.85. The molecule has 0 aliphatic heterocycles. The predicted molar refractivity (Wildman–Crippen MR) is 62.5 cm³/mol. The molecule has 0 saturated heterocycles. The maximum atomic E-state index is 13.5. The predicted octanol–water partition coefficient (Wildman–Crippen LogP) is 3.50. The Hall–Kier alpha value is -2.30. The third kappa shape index (κ3) is 2.76. The average Bonchev–Trinajstić information content (AvgIpc) is 2.39. The Morgan fingerprint density at radius 3 is 2.16 bits per heavy atom. The van der Waals surface area contributed by atoms with Gasteiger partial charge in [-0.2, -0.15) is 0 Å². The van der Waals surface area contributed by atoms with E-state index in [2.05, 4.69) is 0 Å². The van der Waals surface area contributed by atoms with Gasteiger partial charge in [0, 0.05) is 0 Å². The molecule has 0 radical (unpaired) electrons. The van der Waals surface area contributed by atoms with Gasteiger partial charge in [-0.3, -0.25) is 4.79 Å². The first kappa shape index (κ1) is 13.1. The third-order valence-corrected chi connectivity index (χ3v) is 2.55. The quantitative estimate of drug-likeness (QED) is 0.792. The molecule has 0 N–H and O–H groups in total. The lowest BCUT2D eigenvalue weighted by Crippen LogP contribution is -2.04. The smallest absolute Gasteiger partial charge is 0.165 e. The third-order valence-electron chi connectivity index (χ3n) is 2.55. The molecule has 2 aromatic carbocycles. The number of carbonyl (C=O) groups excluding carboxylic acids is 1. The second kappa shape index (κ2) is 5.56. The summed E-state index contributed by atoms with van der Waals surface area (Å²) in [6, 6.07) is 7.15. The van der Waals surface area contributed by atoms with Crippen LogP contribution in [0.3, 0.4) is 0 Å². The molecule has 0 aromatic heterocycles. The number of benzene rings is 2. The molecule has 0 fully saturated rings. The summed E-state index contributed by atoms with van der Waals surface area (Å²) in [5, 5.41) is 0. The number of carbonyl (C=O) groups is 1. The van der Waals surface area contributed by atoms with E-state index in [-0.39, 0.29) is 16.9 Å². The van der Waals surface area contributed by atoms with Gasteiger partial charge in [-0.05, 0) is 24.3 Å². The number of ether oxygens (including phenoxy) is 1. The lowest BCUT2D eigenvalue weighted by Gasteiger charge is -2.10. The molecular formula is C14H9F3O2. The molecule has 0 aliphatic carbocycles. The SMILES string of the molecule is O=Cc1cccc(F)c1OCc1c(F)cccc1F. The van der Waals surface area contributed by atoms with Gasteiger partial charge in [0.2, 0.25) is 0 Å². The summed E-state index contributed by atoms with van der Waals surface area (Å²) in [7, 11) is 0. The maximum Gasteiger partial charge on any atom is 0.165 e.